The Morgan fingerprint density at radius 3 is 2.23 bits per heavy atom. The number of carbonyl (C=O) groups excluding carboxylic acids is 2. The summed E-state index contributed by atoms with van der Waals surface area (Å²) in [5.74, 6) is -0.872. The first kappa shape index (κ1) is 21.9. The van der Waals surface area contributed by atoms with Crippen molar-refractivity contribution in [2.75, 3.05) is 5.32 Å². The Morgan fingerprint density at radius 2 is 1.61 bits per heavy atom. The molecular weight excluding hydrogens is 443 g/mol. The molecule has 0 saturated heterocycles. The largest absolute Gasteiger partial charge is 0.322 e. The van der Waals surface area contributed by atoms with Gasteiger partial charge in [0.25, 0.3) is 17.5 Å². The zero-order chi connectivity index (χ0) is 22.4. The molecule has 0 atom stereocenters. The maximum absolute atomic E-state index is 12.3. The molecule has 0 saturated carbocycles. The highest BCUT2D eigenvalue weighted by molar-refractivity contribution is 6.37. The van der Waals surface area contributed by atoms with E-state index in [0.717, 1.165) is 0 Å². The second-order valence-corrected chi connectivity index (χ2v) is 7.05. The fourth-order valence-corrected chi connectivity index (χ4v) is 2.98. The number of nitro benzene ring substituents is 1. The van der Waals surface area contributed by atoms with Crippen LogP contribution >= 0.6 is 23.2 Å². The number of hydrogen-bond acceptors (Lipinski definition) is 5. The van der Waals surface area contributed by atoms with Gasteiger partial charge in [0.2, 0.25) is 0 Å². The fraction of sp³-hybridized carbons (Fsp3) is 0. The number of anilines is 1. The Balaban J connectivity index is 1.58. The lowest BCUT2D eigenvalue weighted by molar-refractivity contribution is -0.384. The van der Waals surface area contributed by atoms with Gasteiger partial charge in [0.1, 0.15) is 0 Å². The van der Waals surface area contributed by atoms with Gasteiger partial charge < -0.3 is 5.32 Å². The van der Waals surface area contributed by atoms with Gasteiger partial charge in [-0.25, -0.2) is 5.43 Å². The Bertz CT molecular complexity index is 1160. The minimum atomic E-state index is -0.501. The fourth-order valence-electron chi connectivity index (χ4n) is 2.49. The first-order chi connectivity index (χ1) is 14.8. The van der Waals surface area contributed by atoms with Gasteiger partial charge in [-0.15, -0.1) is 0 Å². The molecule has 8 nitrogen and oxygen atoms in total. The number of benzene rings is 3. The van der Waals surface area contributed by atoms with E-state index in [9.17, 15) is 19.7 Å². The number of carbonyl (C=O) groups is 2. The van der Waals surface area contributed by atoms with E-state index in [1.807, 2.05) is 0 Å². The lowest BCUT2D eigenvalue weighted by Crippen LogP contribution is -2.18. The Labute approximate surface area is 186 Å². The average Bonchev–Trinajstić information content (AvgIpc) is 2.74. The molecule has 0 aliphatic rings. The van der Waals surface area contributed by atoms with Gasteiger partial charge in [-0.1, -0.05) is 23.2 Å². The highest BCUT2D eigenvalue weighted by Crippen LogP contribution is 2.22. The molecule has 10 heteroatoms. The molecule has 2 amide bonds. The first-order valence-electron chi connectivity index (χ1n) is 8.78. The topological polar surface area (TPSA) is 114 Å². The highest BCUT2D eigenvalue weighted by atomic mass is 35.5. The van der Waals surface area contributed by atoms with Gasteiger partial charge in [-0.2, -0.15) is 5.10 Å². The number of halogens is 2. The minimum Gasteiger partial charge on any atom is -0.322 e. The van der Waals surface area contributed by atoms with Crippen LogP contribution in [0.25, 0.3) is 0 Å². The number of amides is 2. The SMILES string of the molecule is O=C(N/N=C\c1ccc([N+](=O)[O-])cc1)c1ccc(NC(=O)c2ccc(Cl)cc2Cl)cc1. The summed E-state index contributed by atoms with van der Waals surface area (Å²) in [6.45, 7) is 0. The Hall–Kier alpha value is -3.75. The second kappa shape index (κ2) is 9.84. The van der Waals surface area contributed by atoms with E-state index < -0.39 is 16.7 Å². The van der Waals surface area contributed by atoms with Gasteiger partial charge in [0, 0.05) is 28.4 Å². The molecule has 0 aromatic heterocycles. The number of nitrogens with zero attached hydrogens (tertiary/aromatic N) is 2. The van der Waals surface area contributed by atoms with E-state index in [-0.39, 0.29) is 16.3 Å². The minimum absolute atomic E-state index is 0.0355. The van der Waals surface area contributed by atoms with Gasteiger partial charge in [0.15, 0.2) is 0 Å². The van der Waals surface area contributed by atoms with Crippen molar-refractivity contribution in [1.82, 2.24) is 5.43 Å². The van der Waals surface area contributed by atoms with E-state index in [1.54, 1.807) is 18.2 Å². The molecule has 31 heavy (non-hydrogen) atoms. The molecular formula is C21H14Cl2N4O4. The standard InChI is InChI=1S/C21H14Cl2N4O4/c22-15-5-10-18(19(23)11-15)21(29)25-16-6-3-14(4-7-16)20(28)26-24-12-13-1-8-17(9-2-13)27(30)31/h1-12H,(H,25,29)(H,26,28)/b24-12-. The summed E-state index contributed by atoms with van der Waals surface area (Å²) in [6, 6.07) is 16.4. The average molecular weight is 457 g/mol. The van der Waals surface area contributed by atoms with Crippen LogP contribution < -0.4 is 10.7 Å². The third kappa shape index (κ3) is 5.88. The molecule has 3 aromatic carbocycles. The Morgan fingerprint density at radius 1 is 0.935 bits per heavy atom. The molecule has 0 aliphatic heterocycles. The van der Waals surface area contributed by atoms with Crippen LogP contribution in [0.15, 0.2) is 71.8 Å². The second-order valence-electron chi connectivity index (χ2n) is 6.20. The normalized spacial score (nSPS) is 10.6. The summed E-state index contributed by atoms with van der Waals surface area (Å²) in [7, 11) is 0. The maximum atomic E-state index is 12.3. The van der Waals surface area contributed by atoms with Crippen molar-refractivity contribution < 1.29 is 14.5 Å². The van der Waals surface area contributed by atoms with Gasteiger partial charge in [-0.3, -0.25) is 19.7 Å². The molecule has 0 spiro atoms. The predicted octanol–water partition coefficient (Wildman–Crippen LogP) is 4.92. The van der Waals surface area contributed by atoms with Crippen molar-refractivity contribution in [3.05, 3.63) is 104 Å². The molecule has 3 rings (SSSR count). The summed E-state index contributed by atoms with van der Waals surface area (Å²) < 4.78 is 0. The van der Waals surface area contributed by atoms with E-state index in [4.69, 9.17) is 23.2 Å². The Kier molecular flexibility index (Phi) is 6.96. The molecule has 2 N–H and O–H groups in total. The molecule has 0 unspecified atom stereocenters. The van der Waals surface area contributed by atoms with Crippen molar-refractivity contribution >= 4 is 52.6 Å². The number of rotatable bonds is 6. The molecule has 0 fully saturated rings. The number of non-ortho nitro benzene ring substituents is 1. The summed E-state index contributed by atoms with van der Waals surface area (Å²) in [5, 5.41) is 17.8. The predicted molar refractivity (Wildman–Crippen MR) is 119 cm³/mol. The van der Waals surface area contributed by atoms with Gasteiger partial charge in [-0.05, 0) is 60.2 Å². The molecule has 3 aromatic rings. The van der Waals surface area contributed by atoms with Crippen LogP contribution in [-0.4, -0.2) is 23.0 Å². The van der Waals surface area contributed by atoms with Crippen molar-refractivity contribution in [2.45, 2.75) is 0 Å². The highest BCUT2D eigenvalue weighted by Gasteiger charge is 2.12. The van der Waals surface area contributed by atoms with Crippen molar-refractivity contribution in [3.63, 3.8) is 0 Å². The monoisotopic (exact) mass is 456 g/mol. The van der Waals surface area contributed by atoms with Crippen molar-refractivity contribution in [2.24, 2.45) is 5.10 Å². The number of hydrazone groups is 1. The summed E-state index contributed by atoms with van der Waals surface area (Å²) in [4.78, 5) is 34.6. The maximum Gasteiger partial charge on any atom is 0.271 e. The van der Waals surface area contributed by atoms with Crippen LogP contribution in [-0.2, 0) is 0 Å². The molecule has 0 radical (unpaired) electrons. The smallest absolute Gasteiger partial charge is 0.271 e. The number of nitrogens with one attached hydrogen (secondary N) is 2. The zero-order valence-corrected chi connectivity index (χ0v) is 17.2. The number of hydrogen-bond donors (Lipinski definition) is 2. The molecule has 0 aliphatic carbocycles. The molecule has 0 heterocycles. The van der Waals surface area contributed by atoms with Crippen molar-refractivity contribution in [1.29, 1.82) is 0 Å². The van der Waals surface area contributed by atoms with Crippen LogP contribution in [0, 0.1) is 10.1 Å². The third-order valence-corrected chi connectivity index (χ3v) is 4.61. The lowest BCUT2D eigenvalue weighted by Gasteiger charge is -2.08. The zero-order valence-electron chi connectivity index (χ0n) is 15.7. The van der Waals surface area contributed by atoms with E-state index in [0.29, 0.717) is 21.8 Å². The van der Waals surface area contributed by atoms with E-state index in [2.05, 4.69) is 15.8 Å². The molecule has 156 valence electrons. The van der Waals surface area contributed by atoms with E-state index in [1.165, 1.54) is 54.7 Å². The van der Waals surface area contributed by atoms with Crippen LogP contribution in [0.5, 0.6) is 0 Å². The summed E-state index contributed by atoms with van der Waals surface area (Å²) in [5.41, 5.74) is 3.98. The van der Waals surface area contributed by atoms with Crippen LogP contribution in [0.1, 0.15) is 26.3 Å². The molecule has 0 bridgehead atoms. The van der Waals surface area contributed by atoms with Gasteiger partial charge in [0.05, 0.1) is 21.7 Å². The van der Waals surface area contributed by atoms with Crippen LogP contribution in [0.3, 0.4) is 0 Å². The van der Waals surface area contributed by atoms with E-state index >= 15 is 0 Å². The number of nitro groups is 1. The van der Waals surface area contributed by atoms with Crippen molar-refractivity contribution in [3.8, 4) is 0 Å². The third-order valence-electron chi connectivity index (χ3n) is 4.06. The summed E-state index contributed by atoms with van der Waals surface area (Å²) >= 11 is 11.9. The lowest BCUT2D eigenvalue weighted by atomic mass is 10.1. The van der Waals surface area contributed by atoms with Crippen LogP contribution in [0.4, 0.5) is 11.4 Å². The van der Waals surface area contributed by atoms with Crippen LogP contribution in [0.2, 0.25) is 10.0 Å². The van der Waals surface area contributed by atoms with Gasteiger partial charge >= 0.3 is 0 Å². The first-order valence-corrected chi connectivity index (χ1v) is 9.53. The quantitative estimate of drug-likeness (QED) is 0.311. The summed E-state index contributed by atoms with van der Waals surface area (Å²) in [6.07, 6.45) is 1.37.